The van der Waals surface area contributed by atoms with Gasteiger partial charge >= 0.3 is 40.0 Å². The molecule has 0 bridgehead atoms. The molecule has 17 nitrogen and oxygen atoms in total. The summed E-state index contributed by atoms with van der Waals surface area (Å²) in [5, 5.41) is 10.9. The summed E-state index contributed by atoms with van der Waals surface area (Å²) in [5.41, 5.74) is 3.11. The van der Waals surface area contributed by atoms with Crippen molar-refractivity contribution in [1.82, 2.24) is 0 Å². The predicted molar refractivity (Wildman–Crippen MR) is 398 cm³/mol. The molecule has 4 N–H and O–H groups in total. The van der Waals surface area contributed by atoms with E-state index in [9.17, 15) is 26.7 Å². The second kappa shape index (κ2) is 69.1. The summed E-state index contributed by atoms with van der Waals surface area (Å²) in [5.74, 6) is 10.2. The average molecular weight is 1430 g/mol. The Labute approximate surface area is 618 Å². The van der Waals surface area contributed by atoms with Gasteiger partial charge in [-0.15, -0.1) is 0 Å². The molecule has 0 aliphatic rings. The van der Waals surface area contributed by atoms with Gasteiger partial charge in [-0.05, 0) is 97.1 Å². The van der Waals surface area contributed by atoms with Crippen molar-refractivity contribution >= 4 is 38.6 Å². The zero-order valence-electron chi connectivity index (χ0n) is 62.4. The third-order valence-corrected chi connectivity index (χ3v) is 17.8. The van der Waals surface area contributed by atoms with Gasteiger partial charge in [-0.1, -0.05) is 279 Å². The number of nitrogens with two attached hydrogens (primary N) is 2. The van der Waals surface area contributed by atoms with Crippen molar-refractivity contribution in [2.75, 3.05) is 65.2 Å². The minimum absolute atomic E-state index is 0. The molecule has 0 saturated heterocycles. The fourth-order valence-electron chi connectivity index (χ4n) is 10.3. The second-order valence-corrected chi connectivity index (χ2v) is 27.8. The van der Waals surface area contributed by atoms with E-state index in [-0.39, 0.29) is 73.4 Å². The first kappa shape index (κ1) is 96.4. The van der Waals surface area contributed by atoms with Crippen molar-refractivity contribution in [1.29, 1.82) is 0 Å². The average Bonchev–Trinajstić information content (AvgIpc) is 1.03. The number of hydrogen-bond donors (Lipinski definition) is 2. The molecule has 98 heavy (non-hydrogen) atoms. The van der Waals surface area contributed by atoms with Gasteiger partial charge in [0, 0.05) is 48.8 Å². The molecule has 0 aliphatic heterocycles. The Morgan fingerprint density at radius 3 is 1.32 bits per heavy atom. The number of carbonyl (C=O) groups excluding carboxylic acids is 1. The number of allylic oxidation sites excluding steroid dienone is 4. The van der Waals surface area contributed by atoms with Crippen molar-refractivity contribution in [3.05, 3.63) is 114 Å². The second-order valence-electron chi connectivity index (χ2n) is 24.9. The Kier molecular flexibility index (Phi) is 67.9. The van der Waals surface area contributed by atoms with Gasteiger partial charge in [0.05, 0.1) is 38.8 Å². The number of rotatable bonds is 59. The van der Waals surface area contributed by atoms with E-state index in [0.29, 0.717) is 51.0 Å². The minimum atomic E-state index is -4.31. The van der Waals surface area contributed by atoms with E-state index in [2.05, 4.69) is 42.3 Å². The van der Waals surface area contributed by atoms with Crippen molar-refractivity contribution in [3.8, 4) is 17.2 Å². The van der Waals surface area contributed by atoms with Crippen LogP contribution in [0.25, 0.3) is 12.2 Å². The van der Waals surface area contributed by atoms with Crippen LogP contribution >= 0.6 is 0 Å². The van der Waals surface area contributed by atoms with Crippen LogP contribution in [-0.4, -0.2) is 94.1 Å². The molecule has 0 radical (unpaired) electrons. The van der Waals surface area contributed by atoms with E-state index in [1.807, 2.05) is 131 Å². The van der Waals surface area contributed by atoms with Crippen molar-refractivity contribution in [3.63, 3.8) is 0 Å². The van der Waals surface area contributed by atoms with Gasteiger partial charge in [-0.25, -0.2) is 4.18 Å². The zero-order valence-corrected chi connectivity index (χ0v) is 66.1. The van der Waals surface area contributed by atoms with E-state index >= 15 is 0 Å². The van der Waals surface area contributed by atoms with Gasteiger partial charge < -0.3 is 38.3 Å². The standard InChI is InChI=1S/C28H46O4.C24H41NO6S.C22H39NO5S.C4H8.Na/c1-4-6-7-8-9-10-11-12-13-14-20-31-22-25(17-19-28(29)30)23-32-27-18-16-24(3)21-26(27)15-5-2;1-3-5-6-7-8-9-10-11-12-15-19-28-20-23(30-32(26,27)31-25)21-29-24-18-14-13-17-22(24)16-4-2;1-2-3-4-5-6-7-8-9-10-14-17-26-18-21(20-29(24,25)28-23)19-27-22-15-12-11-13-16-22;1-3-4-2;/h5,15-16,18,21,25H,4,6-14,17,19-20,22-23H2,1-3H3,(H,29,30);4,13-14,16-18,23H,3,5-12,15,19-21,25H2,1-2H3;11-13,15-16,21H,2-10,14,17-20,23H2,1H3;3-4H,1-2H3;/q;;;;+1/p-1. The van der Waals surface area contributed by atoms with Gasteiger partial charge in [0.1, 0.15) is 30.0 Å². The summed E-state index contributed by atoms with van der Waals surface area (Å²) in [6.07, 6.45) is 49.6. The number of carboxylic acids is 1. The summed E-state index contributed by atoms with van der Waals surface area (Å²) in [6, 6.07) is 22.9. The fraction of sp³-hybridized carbons (Fsp3) is 0.679. The van der Waals surface area contributed by atoms with E-state index in [1.54, 1.807) is 0 Å². The van der Waals surface area contributed by atoms with Crippen LogP contribution in [0.5, 0.6) is 17.2 Å². The van der Waals surface area contributed by atoms with Crippen LogP contribution in [-0.2, 0) is 52.3 Å². The van der Waals surface area contributed by atoms with Crippen LogP contribution in [0.15, 0.2) is 97.1 Å². The molecule has 0 amide bonds. The zero-order chi connectivity index (χ0) is 71.6. The fourth-order valence-corrected chi connectivity index (χ4v) is 11.6. The van der Waals surface area contributed by atoms with Crippen molar-refractivity contribution < 1.29 is 97.5 Å². The Morgan fingerprint density at radius 2 is 0.867 bits per heavy atom. The molecule has 3 rings (SSSR count). The minimum Gasteiger partial charge on any atom is -0.550 e. The molecular formula is C78H133N2NaO15S2. The molecule has 3 aromatic rings. The molecule has 3 unspecified atom stereocenters. The summed E-state index contributed by atoms with van der Waals surface area (Å²) in [7, 11) is -8.08. The van der Waals surface area contributed by atoms with Gasteiger partial charge in [0.15, 0.2) is 0 Å². The monoisotopic (exact) mass is 1420 g/mol. The van der Waals surface area contributed by atoms with Gasteiger partial charge in [-0.2, -0.15) is 37.2 Å². The van der Waals surface area contributed by atoms with Crippen LogP contribution in [0.1, 0.15) is 271 Å². The van der Waals surface area contributed by atoms with Crippen molar-refractivity contribution in [2.24, 2.45) is 23.6 Å². The smallest absolute Gasteiger partial charge is 0.550 e. The summed E-state index contributed by atoms with van der Waals surface area (Å²) in [6.45, 7) is 20.1. The van der Waals surface area contributed by atoms with Crippen LogP contribution in [0.3, 0.4) is 0 Å². The van der Waals surface area contributed by atoms with Gasteiger partial charge in [0.25, 0.3) is 10.1 Å². The first-order chi connectivity index (χ1) is 47.1. The maximum absolute atomic E-state index is 11.7. The number of ether oxygens (including phenoxy) is 6. The van der Waals surface area contributed by atoms with Gasteiger partial charge in [-0.3, -0.25) is 0 Å². The molecule has 0 aliphatic carbocycles. The van der Waals surface area contributed by atoms with Crippen LogP contribution in [0, 0.1) is 18.8 Å². The maximum Gasteiger partial charge on any atom is 1.00 e. The Bertz CT molecular complexity index is 2590. The summed E-state index contributed by atoms with van der Waals surface area (Å²) < 4.78 is 94.3. The Balaban J connectivity index is 0. The first-order valence-corrected chi connectivity index (χ1v) is 39.8. The molecule has 0 aromatic heterocycles. The molecule has 0 heterocycles. The van der Waals surface area contributed by atoms with Crippen molar-refractivity contribution in [2.45, 2.75) is 267 Å². The maximum atomic E-state index is 11.7. The molecule has 20 heteroatoms. The van der Waals surface area contributed by atoms with E-state index in [1.165, 1.54) is 166 Å². The Hall–Kier alpha value is -3.67. The molecule has 0 fully saturated rings. The molecular weight excluding hydrogens is 1290 g/mol. The summed E-state index contributed by atoms with van der Waals surface area (Å²) >= 11 is 0. The number of aliphatic carboxylic acids is 1. The SMILES string of the molecule is CC=CC.CC=Cc1cc(C)ccc1OCC(CCC(=O)[O-])COCCCCCCCCCCCC.CC=Cc1ccccc1OCC(COCCCCCCCCCCCC)OS(=O)(=O)ON.CCCCCCCCCCCCOCC(COc1ccccc1)CS(=O)(=O)ON.[Na+]. The largest absolute Gasteiger partial charge is 1.00 e. The third kappa shape index (κ3) is 60.0. The predicted octanol–water partition coefficient (Wildman–Crippen LogP) is 15.5. The van der Waals surface area contributed by atoms with E-state index in [4.69, 9.17) is 44.4 Å². The quantitative estimate of drug-likeness (QED) is 0.0231. The number of carboxylic acid groups (broad SMARTS) is 1. The number of aryl methyl sites for hydroxylation is 1. The molecule has 0 spiro atoms. The van der Waals surface area contributed by atoms with Crippen LogP contribution in [0.2, 0.25) is 0 Å². The topological polar surface area (TPSA) is 244 Å². The third-order valence-electron chi connectivity index (χ3n) is 15.9. The molecule has 0 saturated carbocycles. The number of carbonyl (C=O) groups is 1. The molecule has 3 atom stereocenters. The van der Waals surface area contributed by atoms with Crippen LogP contribution < -0.4 is 60.7 Å². The van der Waals surface area contributed by atoms with E-state index < -0.39 is 32.6 Å². The number of para-hydroxylation sites is 2. The van der Waals surface area contributed by atoms with Crippen LogP contribution in [0.4, 0.5) is 0 Å². The normalized spacial score (nSPS) is 12.4. The molecule has 558 valence electrons. The van der Waals surface area contributed by atoms with Gasteiger partial charge in [0.2, 0.25) is 0 Å². The number of benzene rings is 3. The van der Waals surface area contributed by atoms with E-state index in [0.717, 1.165) is 55.6 Å². The molecule has 3 aromatic carbocycles. The first-order valence-electron chi connectivity index (χ1n) is 36.9. The summed E-state index contributed by atoms with van der Waals surface area (Å²) in [4.78, 5) is 10.9. The Morgan fingerprint density at radius 1 is 0.459 bits per heavy atom. The number of hydrogen-bond acceptors (Lipinski definition) is 17. The number of unbranched alkanes of at least 4 members (excludes halogenated alkanes) is 27.